The smallest absolute Gasteiger partial charge is 0.255 e. The Bertz CT molecular complexity index is 429. The van der Waals surface area contributed by atoms with Crippen LogP contribution in [0.25, 0.3) is 0 Å². The molecule has 0 spiro atoms. The predicted octanol–water partition coefficient (Wildman–Crippen LogP) is 2.06. The summed E-state index contributed by atoms with van der Waals surface area (Å²) < 4.78 is 30.0. The minimum atomic E-state index is -2.58. The number of methoxy groups -OCH3 is 1. The number of ether oxygens (including phenoxy) is 1. The summed E-state index contributed by atoms with van der Waals surface area (Å²) in [7, 11) is 1.46. The molecule has 0 aromatic heterocycles. The summed E-state index contributed by atoms with van der Waals surface area (Å²) in [5.41, 5.74) is 6.88. The number of alkyl halides is 2. The lowest BCUT2D eigenvalue weighted by molar-refractivity contribution is -0.138. The Labute approximate surface area is 123 Å². The summed E-state index contributed by atoms with van der Waals surface area (Å²) in [6, 6.07) is 8.62. The maximum atomic E-state index is 12.6. The van der Waals surface area contributed by atoms with E-state index in [1.807, 2.05) is 30.3 Å². The second-order valence-corrected chi connectivity index (χ2v) is 4.89. The average molecular weight is 300 g/mol. The predicted molar refractivity (Wildman–Crippen MR) is 77.0 cm³/mol. The maximum Gasteiger partial charge on any atom is 0.255 e. The lowest BCUT2D eigenvalue weighted by atomic mass is 9.94. The molecule has 1 rings (SSSR count). The first kappa shape index (κ1) is 17.5. The van der Waals surface area contributed by atoms with Gasteiger partial charge in [-0.05, 0) is 5.56 Å². The summed E-state index contributed by atoms with van der Waals surface area (Å²) in [6.45, 7) is 1.40. The fourth-order valence-electron chi connectivity index (χ4n) is 2.07. The second kappa shape index (κ2) is 8.69. The Morgan fingerprint density at radius 3 is 2.48 bits per heavy atom. The van der Waals surface area contributed by atoms with Gasteiger partial charge < -0.3 is 15.4 Å². The van der Waals surface area contributed by atoms with Crippen LogP contribution in [0.4, 0.5) is 8.78 Å². The number of nitrogens with zero attached hydrogens (tertiary/aromatic N) is 1. The van der Waals surface area contributed by atoms with Gasteiger partial charge in [0.2, 0.25) is 5.91 Å². The van der Waals surface area contributed by atoms with Crippen molar-refractivity contribution in [3.8, 4) is 0 Å². The van der Waals surface area contributed by atoms with Crippen LogP contribution >= 0.6 is 0 Å². The third-order valence-electron chi connectivity index (χ3n) is 3.35. The molecule has 1 amide bonds. The van der Waals surface area contributed by atoms with E-state index >= 15 is 0 Å². The molecule has 2 atom stereocenters. The average Bonchev–Trinajstić information content (AvgIpc) is 2.49. The normalized spacial score (nSPS) is 14.0. The number of rotatable bonds is 8. The van der Waals surface area contributed by atoms with E-state index in [2.05, 4.69) is 0 Å². The summed E-state index contributed by atoms with van der Waals surface area (Å²) in [5.74, 6) is -0.966. The molecule has 0 aliphatic heterocycles. The molecule has 0 aliphatic rings. The third kappa shape index (κ3) is 5.40. The first-order chi connectivity index (χ1) is 9.97. The van der Waals surface area contributed by atoms with Crippen LogP contribution in [0.5, 0.6) is 0 Å². The standard InChI is InChI=1S/C15H22F2N2O2/c1-11(14(18)12-6-4-3-5-7-12)15(20)19(8-9-21-2)10-13(16)17/h3-7,11,13-14H,8-10,18H2,1-2H3. The molecule has 1 aromatic carbocycles. The topological polar surface area (TPSA) is 55.6 Å². The first-order valence-electron chi connectivity index (χ1n) is 6.83. The minimum absolute atomic E-state index is 0.130. The van der Waals surface area contributed by atoms with Crippen LogP contribution in [0, 0.1) is 5.92 Å². The molecular weight excluding hydrogens is 278 g/mol. The van der Waals surface area contributed by atoms with Crippen molar-refractivity contribution >= 4 is 5.91 Å². The zero-order chi connectivity index (χ0) is 15.8. The fourth-order valence-corrected chi connectivity index (χ4v) is 2.07. The largest absolute Gasteiger partial charge is 0.383 e. The van der Waals surface area contributed by atoms with Crippen molar-refractivity contribution in [2.45, 2.75) is 19.4 Å². The highest BCUT2D eigenvalue weighted by Crippen LogP contribution is 2.21. The fraction of sp³-hybridized carbons (Fsp3) is 0.533. The van der Waals surface area contributed by atoms with E-state index < -0.39 is 24.9 Å². The van der Waals surface area contributed by atoms with Gasteiger partial charge in [-0.25, -0.2) is 8.78 Å². The Morgan fingerprint density at radius 1 is 1.33 bits per heavy atom. The van der Waals surface area contributed by atoms with Gasteiger partial charge in [0.15, 0.2) is 0 Å². The Kier molecular flexibility index (Phi) is 7.25. The molecule has 0 saturated carbocycles. The van der Waals surface area contributed by atoms with E-state index in [0.717, 1.165) is 10.5 Å². The van der Waals surface area contributed by atoms with Gasteiger partial charge in [-0.3, -0.25) is 4.79 Å². The zero-order valence-corrected chi connectivity index (χ0v) is 12.3. The van der Waals surface area contributed by atoms with E-state index in [9.17, 15) is 13.6 Å². The molecular formula is C15H22F2N2O2. The summed E-state index contributed by atoms with van der Waals surface area (Å²) >= 11 is 0. The van der Waals surface area contributed by atoms with Crippen LogP contribution in [0.1, 0.15) is 18.5 Å². The van der Waals surface area contributed by atoms with Crippen LogP contribution in [-0.4, -0.2) is 44.0 Å². The van der Waals surface area contributed by atoms with E-state index in [1.54, 1.807) is 6.92 Å². The van der Waals surface area contributed by atoms with Gasteiger partial charge in [0.05, 0.1) is 19.1 Å². The van der Waals surface area contributed by atoms with Gasteiger partial charge in [-0.2, -0.15) is 0 Å². The van der Waals surface area contributed by atoms with Gasteiger partial charge in [0, 0.05) is 19.7 Å². The van der Waals surface area contributed by atoms with Gasteiger partial charge in [0.25, 0.3) is 6.43 Å². The lowest BCUT2D eigenvalue weighted by Gasteiger charge is -2.28. The third-order valence-corrected chi connectivity index (χ3v) is 3.35. The number of halogens is 2. The number of carbonyl (C=O) groups excluding carboxylic acids is 1. The number of benzene rings is 1. The highest BCUT2D eigenvalue weighted by Gasteiger charge is 2.28. The number of hydrogen-bond donors (Lipinski definition) is 1. The first-order valence-corrected chi connectivity index (χ1v) is 6.83. The molecule has 0 saturated heterocycles. The van der Waals surface area contributed by atoms with Crippen LogP contribution in [-0.2, 0) is 9.53 Å². The van der Waals surface area contributed by atoms with Gasteiger partial charge in [-0.15, -0.1) is 0 Å². The molecule has 6 heteroatoms. The zero-order valence-electron chi connectivity index (χ0n) is 12.3. The molecule has 0 aliphatic carbocycles. The summed E-state index contributed by atoms with van der Waals surface area (Å²) in [6.07, 6.45) is -2.58. The van der Waals surface area contributed by atoms with Crippen molar-refractivity contribution in [2.24, 2.45) is 11.7 Å². The molecule has 0 bridgehead atoms. The minimum Gasteiger partial charge on any atom is -0.383 e. The number of amides is 1. The molecule has 0 fully saturated rings. The van der Waals surface area contributed by atoms with Crippen molar-refractivity contribution < 1.29 is 18.3 Å². The Morgan fingerprint density at radius 2 is 1.95 bits per heavy atom. The maximum absolute atomic E-state index is 12.6. The van der Waals surface area contributed by atoms with Crippen molar-refractivity contribution in [1.82, 2.24) is 4.90 Å². The number of nitrogens with two attached hydrogens (primary N) is 1. The Balaban J connectivity index is 2.76. The molecule has 2 unspecified atom stereocenters. The van der Waals surface area contributed by atoms with Crippen molar-refractivity contribution in [2.75, 3.05) is 26.8 Å². The SMILES string of the molecule is COCCN(CC(F)F)C(=O)C(C)C(N)c1ccccc1. The highest BCUT2D eigenvalue weighted by molar-refractivity contribution is 5.79. The lowest BCUT2D eigenvalue weighted by Crippen LogP contribution is -2.43. The number of hydrogen-bond acceptors (Lipinski definition) is 3. The summed E-state index contributed by atoms with van der Waals surface area (Å²) in [4.78, 5) is 13.5. The van der Waals surface area contributed by atoms with Crippen molar-refractivity contribution in [3.05, 3.63) is 35.9 Å². The molecule has 0 heterocycles. The quantitative estimate of drug-likeness (QED) is 0.799. The molecule has 1 aromatic rings. The van der Waals surface area contributed by atoms with Crippen LogP contribution in [0.15, 0.2) is 30.3 Å². The van der Waals surface area contributed by atoms with Gasteiger partial charge >= 0.3 is 0 Å². The van der Waals surface area contributed by atoms with E-state index in [4.69, 9.17) is 10.5 Å². The van der Waals surface area contributed by atoms with Crippen LogP contribution in [0.2, 0.25) is 0 Å². The van der Waals surface area contributed by atoms with E-state index in [0.29, 0.717) is 0 Å². The van der Waals surface area contributed by atoms with Crippen molar-refractivity contribution in [3.63, 3.8) is 0 Å². The van der Waals surface area contributed by atoms with Crippen molar-refractivity contribution in [1.29, 1.82) is 0 Å². The van der Waals surface area contributed by atoms with E-state index in [1.165, 1.54) is 7.11 Å². The molecule has 118 valence electrons. The highest BCUT2D eigenvalue weighted by atomic mass is 19.3. The molecule has 4 nitrogen and oxygen atoms in total. The van der Waals surface area contributed by atoms with Gasteiger partial charge in [0.1, 0.15) is 0 Å². The van der Waals surface area contributed by atoms with Gasteiger partial charge in [-0.1, -0.05) is 37.3 Å². The van der Waals surface area contributed by atoms with Crippen LogP contribution < -0.4 is 5.73 Å². The molecule has 0 radical (unpaired) electrons. The monoisotopic (exact) mass is 300 g/mol. The number of carbonyl (C=O) groups is 1. The van der Waals surface area contributed by atoms with E-state index in [-0.39, 0.29) is 19.1 Å². The van der Waals surface area contributed by atoms with Crippen LogP contribution in [0.3, 0.4) is 0 Å². The summed E-state index contributed by atoms with van der Waals surface area (Å²) in [5, 5.41) is 0. The molecule has 21 heavy (non-hydrogen) atoms. The second-order valence-electron chi connectivity index (χ2n) is 4.89. The Hall–Kier alpha value is -1.53. The molecule has 2 N–H and O–H groups in total.